The average Bonchev–Trinajstić information content (AvgIpc) is 3.37. The fraction of sp³-hybridized carbons (Fsp3) is 0.625. The summed E-state index contributed by atoms with van der Waals surface area (Å²) in [5.41, 5.74) is 2.54. The van der Waals surface area contributed by atoms with Gasteiger partial charge in [0, 0.05) is 33.5 Å². The number of phenolic OH excluding ortho intramolecular Hbond substituents is 1. The zero-order chi connectivity index (χ0) is 52.4. The van der Waals surface area contributed by atoms with Gasteiger partial charge in [-0.25, -0.2) is 18.7 Å². The van der Waals surface area contributed by atoms with Gasteiger partial charge in [-0.05, 0) is 159 Å². The van der Waals surface area contributed by atoms with Crippen molar-refractivity contribution in [2.45, 2.75) is 174 Å². The summed E-state index contributed by atoms with van der Waals surface area (Å²) in [6.45, 7) is 4.39. The van der Waals surface area contributed by atoms with E-state index in [4.69, 9.17) is 39.6 Å². The van der Waals surface area contributed by atoms with Crippen molar-refractivity contribution in [3.05, 3.63) is 84.8 Å². The van der Waals surface area contributed by atoms with Gasteiger partial charge in [0.25, 0.3) is 6.47 Å². The maximum atomic E-state index is 11.0. The molecule has 4 fully saturated rings. The summed E-state index contributed by atoms with van der Waals surface area (Å²) in [5, 5.41) is 53.1. The summed E-state index contributed by atoms with van der Waals surface area (Å²) in [5.74, 6) is 3.41. The van der Waals surface area contributed by atoms with E-state index < -0.39 is 27.1 Å². The Morgan fingerprint density at radius 1 is 0.649 bits per heavy atom. The van der Waals surface area contributed by atoms with Crippen LogP contribution in [0.5, 0.6) is 5.75 Å². The molecule has 0 aliphatic heterocycles. The number of carbonyl (C=O) groups is 4. The zero-order valence-electron chi connectivity index (χ0n) is 45.8. The molecule has 0 saturated heterocycles. The molecule has 2 aromatic carbocycles. The minimum atomic E-state index is -1.67. The smallest absolute Gasteiger partial charge is 1.00 e. The number of phenols is 1. The van der Waals surface area contributed by atoms with Crippen LogP contribution < -0.4 is 108 Å². The molecular formula is C56H85Cl2K2O13S-. The van der Waals surface area contributed by atoms with E-state index in [9.17, 15) is 19.6 Å². The minimum Gasteiger partial charge on any atom is -1.00 e. The second kappa shape index (κ2) is 46.3. The van der Waals surface area contributed by atoms with Gasteiger partial charge in [0.2, 0.25) is 9.23 Å². The Labute approximate surface area is 540 Å². The van der Waals surface area contributed by atoms with Crippen LogP contribution >= 0.6 is 21.4 Å². The van der Waals surface area contributed by atoms with Gasteiger partial charge < -0.3 is 39.4 Å². The van der Waals surface area contributed by atoms with Crippen molar-refractivity contribution >= 4 is 67.1 Å². The predicted molar refractivity (Wildman–Crippen MR) is 287 cm³/mol. The molecule has 0 radical (unpaired) electrons. The van der Waals surface area contributed by atoms with Crippen molar-refractivity contribution in [3.63, 3.8) is 0 Å². The SMILES string of the molecule is CCCCCC1CCC(C2CCC(C(=O)O)CC2)CC1.CCCCCC1CCC(C2CCC(C(OO)c3ccc(C=CC(=O)O)cc3)CC2)CC1.O=C(O)C=Cc1ccc(O)cc1.O=CO[O-].O=S(Cl)Cl.[CH3-].[H-].[K+].[K+]. The molecule has 1 atom stereocenters. The molecule has 18 heteroatoms. The zero-order valence-corrected chi connectivity index (χ0v) is 53.4. The number of hydrogen-bond acceptors (Lipinski definition) is 10. The van der Waals surface area contributed by atoms with Crippen LogP contribution in [0.3, 0.4) is 0 Å². The van der Waals surface area contributed by atoms with E-state index in [1.165, 1.54) is 147 Å². The molecule has 0 heterocycles. The summed E-state index contributed by atoms with van der Waals surface area (Å²) >= 11 is 0. The molecule has 0 aromatic heterocycles. The molecule has 2 aromatic rings. The number of aliphatic carboxylic acids is 3. The molecular weight excluding hydrogens is 1060 g/mol. The number of benzene rings is 2. The summed E-state index contributed by atoms with van der Waals surface area (Å²) < 4.78 is 9.09. The van der Waals surface area contributed by atoms with Crippen molar-refractivity contribution in [1.29, 1.82) is 0 Å². The number of carboxylic acids is 3. The Balaban J connectivity index is -0.00000101. The third-order valence-electron chi connectivity index (χ3n) is 15.1. The number of carbonyl (C=O) groups excluding carboxylic acids is 1. The van der Waals surface area contributed by atoms with Crippen LogP contribution in [-0.4, -0.2) is 54.3 Å². The van der Waals surface area contributed by atoms with Gasteiger partial charge in [-0.2, -0.15) is 0 Å². The molecule has 6 rings (SSSR count). The summed E-state index contributed by atoms with van der Waals surface area (Å²) in [6, 6.07) is 13.9. The number of carboxylic acid groups (broad SMARTS) is 3. The second-order valence-electron chi connectivity index (χ2n) is 19.7. The third-order valence-corrected chi connectivity index (χ3v) is 15.1. The Hall–Kier alpha value is -0.517. The van der Waals surface area contributed by atoms with E-state index >= 15 is 0 Å². The first-order chi connectivity index (χ1) is 34.1. The monoisotopic (exact) mass is 1150 g/mol. The standard InChI is InChI=1S/C27H40O4.C18H32O2.C9H8O3.CH2O3.CH3.Cl2OS.2K.H/c1-2-3-4-5-20-6-11-22(12-7-20)23-15-17-25(18-16-23)27(31-30)24-13-8-21(9-14-24)10-19-26(28)29;1-2-3-4-5-14-6-8-15(9-7-14)16-10-12-17(13-11-16)18(19)20;10-8-4-1-7(2-5-8)3-6-9(11)12;2-1-4-3;;1-4(2)3;;;/h8-10,13-14,19-20,22-23,25,27,30H,2-7,11-12,15-18H2,1H3,(H,28,29);14-17H,2-13H2,1H3,(H,19,20);1-6,10H,(H,11,12);1,3H;1H3;;;;/q;;;;-1;;2*+1;-1/p-1. The van der Waals surface area contributed by atoms with Crippen molar-refractivity contribution in [2.24, 2.45) is 47.3 Å². The maximum Gasteiger partial charge on any atom is 1.00 e. The Morgan fingerprint density at radius 2 is 0.986 bits per heavy atom. The van der Waals surface area contributed by atoms with E-state index in [0.29, 0.717) is 5.92 Å². The van der Waals surface area contributed by atoms with Crippen molar-refractivity contribution in [2.75, 3.05) is 0 Å². The van der Waals surface area contributed by atoms with Gasteiger partial charge >= 0.3 is 121 Å². The molecule has 5 N–H and O–H groups in total. The Morgan fingerprint density at radius 3 is 1.30 bits per heavy atom. The Bertz CT molecular complexity index is 1850. The molecule has 1 unspecified atom stereocenters. The van der Waals surface area contributed by atoms with Crippen LogP contribution in [0.4, 0.5) is 0 Å². The van der Waals surface area contributed by atoms with Gasteiger partial charge in [-0.3, -0.25) is 14.8 Å². The second-order valence-corrected chi connectivity index (χ2v) is 22.2. The van der Waals surface area contributed by atoms with Crippen LogP contribution in [0, 0.1) is 54.8 Å². The van der Waals surface area contributed by atoms with E-state index in [1.807, 2.05) is 24.3 Å². The van der Waals surface area contributed by atoms with E-state index in [2.05, 4.69) is 40.1 Å². The number of rotatable bonds is 19. The number of hydrogen-bond donors (Lipinski definition) is 5. The van der Waals surface area contributed by atoms with Crippen molar-refractivity contribution in [3.8, 4) is 5.75 Å². The van der Waals surface area contributed by atoms with Crippen molar-refractivity contribution < 1.29 is 168 Å². The van der Waals surface area contributed by atoms with Gasteiger partial charge in [-0.15, -0.1) is 0 Å². The summed E-state index contributed by atoms with van der Waals surface area (Å²) in [7, 11) is 7.36. The van der Waals surface area contributed by atoms with Gasteiger partial charge in [0.1, 0.15) is 11.9 Å². The molecule has 0 bridgehead atoms. The molecule has 410 valence electrons. The van der Waals surface area contributed by atoms with E-state index in [1.54, 1.807) is 18.2 Å². The van der Waals surface area contributed by atoms with Gasteiger partial charge in [-0.1, -0.05) is 127 Å². The molecule has 0 amide bonds. The van der Waals surface area contributed by atoms with Crippen LogP contribution in [0.25, 0.3) is 12.2 Å². The van der Waals surface area contributed by atoms with Crippen LogP contribution in [0.15, 0.2) is 60.7 Å². The minimum absolute atomic E-state index is 0. The number of halogens is 2. The molecule has 0 spiro atoms. The first kappa shape index (κ1) is 75.6. The topological polar surface area (TPSA) is 228 Å². The molecule has 4 aliphatic carbocycles. The molecule has 4 saturated carbocycles. The molecule has 4 aliphatic rings. The largest absolute Gasteiger partial charge is 1.00 e. The first-order valence-corrected chi connectivity index (χ1v) is 28.6. The van der Waals surface area contributed by atoms with Crippen molar-refractivity contribution in [1.82, 2.24) is 0 Å². The van der Waals surface area contributed by atoms with Crippen LogP contribution in [-0.2, 0) is 38.2 Å². The normalized spacial score (nSPS) is 23.6. The van der Waals surface area contributed by atoms with Gasteiger partial charge in [0.05, 0.1) is 5.92 Å². The fourth-order valence-electron chi connectivity index (χ4n) is 11.2. The van der Waals surface area contributed by atoms with Crippen LogP contribution in [0.1, 0.15) is 192 Å². The third kappa shape index (κ3) is 33.8. The quantitative estimate of drug-likeness (QED) is 0.0131. The fourth-order valence-corrected chi connectivity index (χ4v) is 11.2. The Kier molecular flexibility index (Phi) is 47.2. The summed E-state index contributed by atoms with van der Waals surface area (Å²) in [4.78, 5) is 48.0. The number of aromatic hydroxyl groups is 1. The average molecular weight is 1150 g/mol. The molecule has 13 nitrogen and oxygen atoms in total. The first-order valence-electron chi connectivity index (χ1n) is 25.8. The van der Waals surface area contributed by atoms with E-state index in [0.717, 1.165) is 90.0 Å². The van der Waals surface area contributed by atoms with Crippen LogP contribution in [0.2, 0.25) is 0 Å². The molecule has 74 heavy (non-hydrogen) atoms. The van der Waals surface area contributed by atoms with E-state index in [-0.39, 0.29) is 136 Å². The van der Waals surface area contributed by atoms with Gasteiger partial charge in [0.15, 0.2) is 0 Å². The number of unbranched alkanes of at least 4 members (excludes halogenated alkanes) is 4. The predicted octanol–water partition coefficient (Wildman–Crippen LogP) is 8.31. The summed E-state index contributed by atoms with van der Waals surface area (Å²) in [6.07, 6.45) is 36.4. The maximum absolute atomic E-state index is 11.0.